The third kappa shape index (κ3) is 4.58. The highest BCUT2D eigenvalue weighted by molar-refractivity contribution is 7.89. The third-order valence-electron chi connectivity index (χ3n) is 4.40. The number of benzene rings is 2. The van der Waals surface area contributed by atoms with E-state index in [1.54, 1.807) is 36.4 Å². The van der Waals surface area contributed by atoms with Gasteiger partial charge in [-0.05, 0) is 54.4 Å². The molecule has 8 heteroatoms. The van der Waals surface area contributed by atoms with Gasteiger partial charge in [0.25, 0.3) is 5.89 Å². The molecule has 0 spiro atoms. The lowest BCUT2D eigenvalue weighted by Crippen LogP contribution is -2.08. The Hall–Kier alpha value is -2.90. The van der Waals surface area contributed by atoms with Crippen molar-refractivity contribution < 1.29 is 17.4 Å². The molecule has 0 aliphatic carbocycles. The summed E-state index contributed by atoms with van der Waals surface area (Å²) in [7, 11) is -3.39. The SMILES string of the molecule is Cc1ccccc1CS(=O)(=O)Cc1ccc(-c2nc(-c3ccc(Cl)cc3)no2)o1. The number of nitrogens with zero attached hydrogens (tertiary/aromatic N) is 2. The Labute approximate surface area is 173 Å². The van der Waals surface area contributed by atoms with Gasteiger partial charge >= 0.3 is 0 Å². The topological polar surface area (TPSA) is 86.2 Å². The van der Waals surface area contributed by atoms with Crippen molar-refractivity contribution in [2.24, 2.45) is 0 Å². The lowest BCUT2D eigenvalue weighted by molar-refractivity contribution is 0.413. The summed E-state index contributed by atoms with van der Waals surface area (Å²) in [6, 6.07) is 17.7. The summed E-state index contributed by atoms with van der Waals surface area (Å²) in [6.45, 7) is 1.89. The van der Waals surface area contributed by atoms with E-state index < -0.39 is 9.84 Å². The maximum atomic E-state index is 12.6. The molecule has 0 aliphatic rings. The predicted octanol–water partition coefficient (Wildman–Crippen LogP) is 5.07. The van der Waals surface area contributed by atoms with E-state index in [9.17, 15) is 8.42 Å². The largest absolute Gasteiger partial charge is 0.455 e. The maximum Gasteiger partial charge on any atom is 0.293 e. The Morgan fingerprint density at radius 3 is 2.48 bits per heavy atom. The van der Waals surface area contributed by atoms with Crippen LogP contribution in [-0.4, -0.2) is 18.6 Å². The van der Waals surface area contributed by atoms with Gasteiger partial charge in [0.05, 0.1) is 5.75 Å². The molecule has 148 valence electrons. The van der Waals surface area contributed by atoms with Gasteiger partial charge in [0.2, 0.25) is 5.82 Å². The molecule has 0 bridgehead atoms. The number of furan rings is 1. The fraction of sp³-hybridized carbons (Fsp3) is 0.143. The molecule has 0 unspecified atom stereocenters. The zero-order chi connectivity index (χ0) is 20.4. The first kappa shape index (κ1) is 19.4. The van der Waals surface area contributed by atoms with Crippen molar-refractivity contribution in [3.63, 3.8) is 0 Å². The lowest BCUT2D eigenvalue weighted by Gasteiger charge is -2.06. The minimum atomic E-state index is -3.39. The van der Waals surface area contributed by atoms with Crippen molar-refractivity contribution in [3.8, 4) is 23.0 Å². The summed E-state index contributed by atoms with van der Waals surface area (Å²) in [6.07, 6.45) is 0. The summed E-state index contributed by atoms with van der Waals surface area (Å²) in [4.78, 5) is 4.31. The summed E-state index contributed by atoms with van der Waals surface area (Å²) in [5.74, 6) is 0.953. The molecule has 0 amide bonds. The maximum absolute atomic E-state index is 12.6. The van der Waals surface area contributed by atoms with Crippen LogP contribution in [0, 0.1) is 6.92 Å². The average Bonchev–Trinajstić information content (AvgIpc) is 3.33. The van der Waals surface area contributed by atoms with Crippen molar-refractivity contribution in [2.45, 2.75) is 18.4 Å². The van der Waals surface area contributed by atoms with E-state index >= 15 is 0 Å². The minimum Gasteiger partial charge on any atom is -0.455 e. The van der Waals surface area contributed by atoms with Gasteiger partial charge in [0.1, 0.15) is 11.5 Å². The molecule has 4 rings (SSSR count). The number of rotatable bonds is 6. The van der Waals surface area contributed by atoms with E-state index in [0.717, 1.165) is 16.7 Å². The van der Waals surface area contributed by atoms with Crippen LogP contribution in [0.15, 0.2) is 69.6 Å². The Kier molecular flexibility index (Phi) is 5.25. The zero-order valence-electron chi connectivity index (χ0n) is 15.5. The Bertz CT molecular complexity index is 1240. The van der Waals surface area contributed by atoms with Crippen molar-refractivity contribution in [2.75, 3.05) is 0 Å². The molecule has 29 heavy (non-hydrogen) atoms. The number of aromatic nitrogens is 2. The fourth-order valence-corrected chi connectivity index (χ4v) is 4.50. The first-order chi connectivity index (χ1) is 13.9. The molecular weight excluding hydrogens is 412 g/mol. The second kappa shape index (κ2) is 7.85. The van der Waals surface area contributed by atoms with Crippen LogP contribution in [0.25, 0.3) is 23.0 Å². The Balaban J connectivity index is 1.50. The monoisotopic (exact) mass is 428 g/mol. The number of sulfone groups is 1. The summed E-state index contributed by atoms with van der Waals surface area (Å²) < 4.78 is 36.0. The van der Waals surface area contributed by atoms with Crippen LogP contribution in [0.5, 0.6) is 0 Å². The third-order valence-corrected chi connectivity index (χ3v) is 6.13. The van der Waals surface area contributed by atoms with Gasteiger partial charge < -0.3 is 8.94 Å². The fourth-order valence-electron chi connectivity index (χ4n) is 2.89. The van der Waals surface area contributed by atoms with Crippen LogP contribution >= 0.6 is 11.6 Å². The van der Waals surface area contributed by atoms with Crippen LogP contribution in [0.3, 0.4) is 0 Å². The lowest BCUT2D eigenvalue weighted by atomic mass is 10.1. The summed E-state index contributed by atoms with van der Waals surface area (Å²) in [5.41, 5.74) is 2.47. The van der Waals surface area contributed by atoms with Gasteiger partial charge in [-0.15, -0.1) is 0 Å². The Morgan fingerprint density at radius 1 is 0.966 bits per heavy atom. The average molecular weight is 429 g/mol. The van der Waals surface area contributed by atoms with E-state index in [2.05, 4.69) is 10.1 Å². The highest BCUT2D eigenvalue weighted by Gasteiger charge is 2.19. The normalized spacial score (nSPS) is 11.7. The molecule has 0 atom stereocenters. The van der Waals surface area contributed by atoms with E-state index in [-0.39, 0.29) is 17.4 Å². The first-order valence-electron chi connectivity index (χ1n) is 8.83. The van der Waals surface area contributed by atoms with Gasteiger partial charge in [-0.25, -0.2) is 8.42 Å². The van der Waals surface area contributed by atoms with Crippen molar-refractivity contribution in [3.05, 3.63) is 82.6 Å². The minimum absolute atomic E-state index is 0.0447. The molecule has 0 radical (unpaired) electrons. The number of hydrogen-bond donors (Lipinski definition) is 0. The van der Waals surface area contributed by atoms with Gasteiger partial charge in [-0.3, -0.25) is 0 Å². The molecule has 2 heterocycles. The molecule has 0 fully saturated rings. The number of hydrogen-bond acceptors (Lipinski definition) is 6. The molecule has 2 aromatic heterocycles. The van der Waals surface area contributed by atoms with E-state index in [1.807, 2.05) is 31.2 Å². The number of halogens is 1. The zero-order valence-corrected chi connectivity index (χ0v) is 17.1. The quantitative estimate of drug-likeness (QED) is 0.426. The molecule has 0 saturated carbocycles. The molecule has 4 aromatic rings. The van der Waals surface area contributed by atoms with Gasteiger partial charge in [0, 0.05) is 10.6 Å². The molecule has 6 nitrogen and oxygen atoms in total. The van der Waals surface area contributed by atoms with E-state index in [0.29, 0.717) is 22.4 Å². The van der Waals surface area contributed by atoms with Crippen LogP contribution in [0.1, 0.15) is 16.9 Å². The van der Waals surface area contributed by atoms with Crippen LogP contribution < -0.4 is 0 Å². The highest BCUT2D eigenvalue weighted by atomic mass is 35.5. The van der Waals surface area contributed by atoms with Crippen molar-refractivity contribution >= 4 is 21.4 Å². The van der Waals surface area contributed by atoms with E-state index in [4.69, 9.17) is 20.5 Å². The highest BCUT2D eigenvalue weighted by Crippen LogP contribution is 2.26. The number of aryl methyl sites for hydroxylation is 1. The van der Waals surface area contributed by atoms with Crippen LogP contribution in [-0.2, 0) is 21.3 Å². The second-order valence-electron chi connectivity index (χ2n) is 6.65. The molecule has 2 aromatic carbocycles. The first-order valence-corrected chi connectivity index (χ1v) is 11.0. The Morgan fingerprint density at radius 2 is 1.72 bits per heavy atom. The standard InChI is InChI=1S/C21H17ClN2O4S/c1-14-4-2-3-5-16(14)12-29(25,26)13-18-10-11-19(27-18)21-23-20(24-28-21)15-6-8-17(22)9-7-15/h2-11H,12-13H2,1H3. The summed E-state index contributed by atoms with van der Waals surface area (Å²) in [5, 5.41) is 4.55. The van der Waals surface area contributed by atoms with Crippen LogP contribution in [0.2, 0.25) is 5.02 Å². The molecule has 0 saturated heterocycles. The van der Waals surface area contributed by atoms with Gasteiger partial charge in [0.15, 0.2) is 15.6 Å². The predicted molar refractivity (Wildman–Crippen MR) is 110 cm³/mol. The molecule has 0 aliphatic heterocycles. The smallest absolute Gasteiger partial charge is 0.293 e. The second-order valence-corrected chi connectivity index (χ2v) is 9.16. The van der Waals surface area contributed by atoms with Gasteiger partial charge in [-0.1, -0.05) is 41.0 Å². The van der Waals surface area contributed by atoms with Gasteiger partial charge in [-0.2, -0.15) is 4.98 Å². The van der Waals surface area contributed by atoms with E-state index in [1.165, 1.54) is 0 Å². The summed E-state index contributed by atoms with van der Waals surface area (Å²) >= 11 is 5.89. The van der Waals surface area contributed by atoms with Crippen LogP contribution in [0.4, 0.5) is 0 Å². The molecule has 0 N–H and O–H groups in total. The molecular formula is C21H17ClN2O4S. The van der Waals surface area contributed by atoms with Crippen molar-refractivity contribution in [1.29, 1.82) is 0 Å². The van der Waals surface area contributed by atoms with Crippen molar-refractivity contribution in [1.82, 2.24) is 10.1 Å².